The van der Waals surface area contributed by atoms with Crippen LogP contribution in [0.25, 0.3) is 23.1 Å². The Morgan fingerprint density at radius 3 is 2.55 bits per heavy atom. The van der Waals surface area contributed by atoms with E-state index >= 15 is 0 Å². The number of furan rings is 1. The summed E-state index contributed by atoms with van der Waals surface area (Å²) in [5.41, 5.74) is 1.63. The molecule has 0 unspecified atom stereocenters. The van der Waals surface area contributed by atoms with E-state index in [2.05, 4.69) is 0 Å². The van der Waals surface area contributed by atoms with Gasteiger partial charge in [0.15, 0.2) is 4.80 Å². The van der Waals surface area contributed by atoms with Crippen molar-refractivity contribution >= 4 is 46.6 Å². The molecule has 0 radical (unpaired) electrons. The van der Waals surface area contributed by atoms with Gasteiger partial charge < -0.3 is 14.3 Å². The monoisotopic (exact) mass is 628 g/mol. The van der Waals surface area contributed by atoms with Crippen molar-refractivity contribution in [2.24, 2.45) is 4.99 Å². The third kappa shape index (κ3) is 5.41. The number of aromatic carboxylic acids is 1. The molecule has 0 spiro atoms. The second-order valence-corrected chi connectivity index (χ2v) is 11.1. The van der Waals surface area contributed by atoms with Crippen LogP contribution in [0, 0.1) is 5.82 Å². The molecule has 220 valence electrons. The first kappa shape index (κ1) is 29.0. The molecule has 5 aromatic rings. The van der Waals surface area contributed by atoms with E-state index in [0.717, 1.165) is 11.3 Å². The first-order valence-electron chi connectivity index (χ1n) is 13.4. The molecule has 1 aliphatic rings. The highest BCUT2D eigenvalue weighted by Gasteiger charge is 2.35. The number of benzene rings is 3. The van der Waals surface area contributed by atoms with Crippen LogP contribution in [0.5, 0.6) is 0 Å². The Balaban J connectivity index is 1.54. The van der Waals surface area contributed by atoms with Crippen LogP contribution in [-0.2, 0) is 9.53 Å². The molecule has 0 saturated carbocycles. The zero-order valence-corrected chi connectivity index (χ0v) is 24.6. The van der Waals surface area contributed by atoms with E-state index in [0.29, 0.717) is 43.7 Å². The maximum atomic E-state index is 14.0. The van der Waals surface area contributed by atoms with Crippen LogP contribution in [-0.4, -0.2) is 28.2 Å². The van der Waals surface area contributed by atoms with Gasteiger partial charge in [0.1, 0.15) is 17.3 Å². The smallest absolute Gasteiger partial charge is 0.338 e. The lowest BCUT2D eigenvalue weighted by Crippen LogP contribution is -2.40. The Bertz CT molecular complexity index is 2130. The highest BCUT2D eigenvalue weighted by Crippen LogP contribution is 2.35. The second kappa shape index (κ2) is 11.9. The summed E-state index contributed by atoms with van der Waals surface area (Å²) in [6.07, 6.45) is 1.54. The number of carbonyl (C=O) groups is 2. The van der Waals surface area contributed by atoms with E-state index in [1.807, 2.05) is 30.3 Å². The molecule has 8 nitrogen and oxygen atoms in total. The molecule has 44 heavy (non-hydrogen) atoms. The lowest BCUT2D eigenvalue weighted by atomic mass is 9.93. The van der Waals surface area contributed by atoms with Crippen LogP contribution in [0.3, 0.4) is 0 Å². The molecule has 0 amide bonds. The van der Waals surface area contributed by atoms with Crippen molar-refractivity contribution in [1.82, 2.24) is 4.57 Å². The molecule has 1 aliphatic heterocycles. The summed E-state index contributed by atoms with van der Waals surface area (Å²) in [4.78, 5) is 44.0. The highest BCUT2D eigenvalue weighted by molar-refractivity contribution is 7.07. The Hall–Kier alpha value is -5.06. The Kier molecular flexibility index (Phi) is 7.86. The van der Waals surface area contributed by atoms with Gasteiger partial charge in [-0.05, 0) is 55.0 Å². The van der Waals surface area contributed by atoms with Gasteiger partial charge in [0.25, 0.3) is 5.56 Å². The molecular weight excluding hydrogens is 607 g/mol. The molecule has 1 N–H and O–H groups in total. The quantitative estimate of drug-likeness (QED) is 0.232. The lowest BCUT2D eigenvalue weighted by Gasteiger charge is -2.25. The molecule has 2 aromatic heterocycles. The van der Waals surface area contributed by atoms with E-state index in [1.54, 1.807) is 25.1 Å². The minimum absolute atomic E-state index is 0.0445. The summed E-state index contributed by atoms with van der Waals surface area (Å²) >= 11 is 7.42. The first-order valence-corrected chi connectivity index (χ1v) is 14.6. The fraction of sp³-hybridized carbons (Fsp3) is 0.0909. The molecule has 0 bridgehead atoms. The summed E-state index contributed by atoms with van der Waals surface area (Å²) < 4.78 is 27.0. The number of carboxylic acid groups (broad SMARTS) is 1. The first-order chi connectivity index (χ1) is 21.2. The van der Waals surface area contributed by atoms with E-state index in [4.69, 9.17) is 25.7 Å². The molecule has 11 heteroatoms. The summed E-state index contributed by atoms with van der Waals surface area (Å²) in [6.45, 7) is 1.79. The number of rotatable bonds is 7. The average Bonchev–Trinajstić information content (AvgIpc) is 3.61. The van der Waals surface area contributed by atoms with Crippen LogP contribution in [0.4, 0.5) is 4.39 Å². The minimum Gasteiger partial charge on any atom is -0.478 e. The van der Waals surface area contributed by atoms with Crippen LogP contribution in [0.1, 0.15) is 40.2 Å². The van der Waals surface area contributed by atoms with Crippen LogP contribution in [0.2, 0.25) is 5.02 Å². The average molecular weight is 629 g/mol. The molecule has 0 aliphatic carbocycles. The number of fused-ring (bicyclic) bond motifs is 1. The van der Waals surface area contributed by atoms with Crippen molar-refractivity contribution in [2.75, 3.05) is 6.61 Å². The van der Waals surface area contributed by atoms with Crippen molar-refractivity contribution in [3.63, 3.8) is 0 Å². The fourth-order valence-corrected chi connectivity index (χ4v) is 6.14. The summed E-state index contributed by atoms with van der Waals surface area (Å²) in [7, 11) is 0. The van der Waals surface area contributed by atoms with Crippen molar-refractivity contribution in [1.29, 1.82) is 0 Å². The van der Waals surface area contributed by atoms with Crippen molar-refractivity contribution < 1.29 is 28.2 Å². The predicted octanol–water partition coefficient (Wildman–Crippen LogP) is 5.69. The van der Waals surface area contributed by atoms with Gasteiger partial charge in [0.05, 0.1) is 39.0 Å². The van der Waals surface area contributed by atoms with Gasteiger partial charge in [-0.1, -0.05) is 65.4 Å². The fourth-order valence-electron chi connectivity index (χ4n) is 4.95. The standard InChI is InChI=1S/C33H22ClFN2O6S/c1-2-42-32(41)27-28(18-6-4-3-5-7-18)36-33-37(29(27)19-8-11-21(35)12-9-19)30(38)26(44-33)17-22-13-15-25(43-22)23-16-20(31(39)40)10-14-24(23)34/h3-17,29H,2H2,1H3,(H,39,40)/b26-17-/t29-/m0/s1. The number of carbonyl (C=O) groups excluding carboxylic acids is 1. The zero-order chi connectivity index (χ0) is 31.0. The summed E-state index contributed by atoms with van der Waals surface area (Å²) in [5.74, 6) is -1.59. The van der Waals surface area contributed by atoms with Crippen LogP contribution in [0.15, 0.2) is 105 Å². The molecule has 6 rings (SSSR count). The number of carboxylic acids is 1. The molecular formula is C33H22ClFN2O6S. The number of ether oxygens (including phenoxy) is 1. The van der Waals surface area contributed by atoms with Gasteiger partial charge in [-0.2, -0.15) is 0 Å². The van der Waals surface area contributed by atoms with E-state index in [9.17, 15) is 23.9 Å². The topological polar surface area (TPSA) is 111 Å². The van der Waals surface area contributed by atoms with Gasteiger partial charge >= 0.3 is 11.9 Å². The number of aromatic nitrogens is 1. The van der Waals surface area contributed by atoms with Crippen molar-refractivity contribution in [3.8, 4) is 11.3 Å². The maximum Gasteiger partial charge on any atom is 0.338 e. The molecule has 3 aromatic carbocycles. The third-order valence-electron chi connectivity index (χ3n) is 6.94. The van der Waals surface area contributed by atoms with Crippen LogP contribution >= 0.6 is 22.9 Å². The molecule has 0 fully saturated rings. The van der Waals surface area contributed by atoms with Gasteiger partial charge in [0, 0.05) is 17.2 Å². The van der Waals surface area contributed by atoms with Gasteiger partial charge in [-0.25, -0.2) is 19.0 Å². The normalized spacial score (nSPS) is 14.7. The van der Waals surface area contributed by atoms with Crippen LogP contribution < -0.4 is 14.9 Å². The predicted molar refractivity (Wildman–Crippen MR) is 164 cm³/mol. The van der Waals surface area contributed by atoms with E-state index in [-0.39, 0.29) is 22.3 Å². The molecule has 3 heterocycles. The minimum atomic E-state index is -1.11. The second-order valence-electron chi connectivity index (χ2n) is 9.68. The SMILES string of the molecule is CCOC(=O)C1=C(c2ccccc2)N=c2s/c(=C\c3ccc(-c4cc(C(=O)O)ccc4Cl)o3)c(=O)n2[C@H]1c1ccc(F)cc1. The number of halogens is 2. The lowest BCUT2D eigenvalue weighted by molar-refractivity contribution is -0.138. The maximum absolute atomic E-state index is 14.0. The van der Waals surface area contributed by atoms with E-state index < -0.39 is 29.4 Å². The Morgan fingerprint density at radius 1 is 1.09 bits per heavy atom. The Labute approximate surface area is 258 Å². The van der Waals surface area contributed by atoms with Gasteiger partial charge in [-0.3, -0.25) is 9.36 Å². The summed E-state index contributed by atoms with van der Waals surface area (Å²) in [5, 5.41) is 9.67. The van der Waals surface area contributed by atoms with Crippen molar-refractivity contribution in [3.05, 3.63) is 143 Å². The number of esters is 1. The highest BCUT2D eigenvalue weighted by atomic mass is 35.5. The largest absolute Gasteiger partial charge is 0.478 e. The zero-order valence-electron chi connectivity index (χ0n) is 23.0. The molecule has 0 saturated heterocycles. The number of nitrogens with zero attached hydrogens (tertiary/aromatic N) is 2. The number of thiazole rings is 1. The molecule has 1 atom stereocenters. The van der Waals surface area contributed by atoms with Gasteiger partial charge in [0.2, 0.25) is 0 Å². The van der Waals surface area contributed by atoms with Crippen molar-refractivity contribution in [2.45, 2.75) is 13.0 Å². The Morgan fingerprint density at radius 2 is 1.84 bits per heavy atom. The third-order valence-corrected chi connectivity index (χ3v) is 8.25. The number of hydrogen-bond donors (Lipinski definition) is 1. The van der Waals surface area contributed by atoms with E-state index in [1.165, 1.54) is 47.0 Å². The number of hydrogen-bond acceptors (Lipinski definition) is 7. The van der Waals surface area contributed by atoms with Gasteiger partial charge in [-0.15, -0.1) is 0 Å². The summed E-state index contributed by atoms with van der Waals surface area (Å²) in [6, 6.07) is 21.3.